The molecule has 0 aromatic heterocycles. The molecule has 0 saturated carbocycles. The zero-order valence-corrected chi connectivity index (χ0v) is 12.8. The molecule has 0 atom stereocenters. The first kappa shape index (κ1) is 16.7. The van der Waals surface area contributed by atoms with Crippen molar-refractivity contribution in [2.24, 2.45) is 10.7 Å². The normalized spacial score (nSPS) is 11.6. The first-order chi connectivity index (χ1) is 11.0. The second kappa shape index (κ2) is 8.12. The molecule has 0 heterocycles. The summed E-state index contributed by atoms with van der Waals surface area (Å²) in [6.07, 6.45) is -2.49. The van der Waals surface area contributed by atoms with Gasteiger partial charge in [-0.05, 0) is 36.8 Å². The van der Waals surface area contributed by atoms with Crippen LogP contribution in [0.15, 0.2) is 53.5 Å². The number of guanidine groups is 1. The first-order valence-corrected chi connectivity index (χ1v) is 7.16. The smallest absolute Gasteiger partial charge is 0.272 e. The predicted octanol–water partition coefficient (Wildman–Crippen LogP) is 3.57. The van der Waals surface area contributed by atoms with E-state index < -0.39 is 13.0 Å². The minimum Gasteiger partial charge on any atom is -0.488 e. The number of benzene rings is 2. The van der Waals surface area contributed by atoms with Gasteiger partial charge < -0.3 is 15.8 Å². The summed E-state index contributed by atoms with van der Waals surface area (Å²) < 4.78 is 29.2. The van der Waals surface area contributed by atoms with Gasteiger partial charge in [0.1, 0.15) is 12.4 Å². The predicted molar refractivity (Wildman–Crippen MR) is 88.1 cm³/mol. The third kappa shape index (κ3) is 5.94. The van der Waals surface area contributed by atoms with Crippen LogP contribution in [-0.2, 0) is 6.54 Å². The molecule has 2 aromatic carbocycles. The fourth-order valence-electron chi connectivity index (χ4n) is 1.89. The Kier molecular flexibility index (Phi) is 5.91. The molecule has 0 bridgehead atoms. The van der Waals surface area contributed by atoms with Gasteiger partial charge in [-0.2, -0.15) is 0 Å². The molecule has 23 heavy (non-hydrogen) atoms. The molecule has 0 unspecified atom stereocenters. The lowest BCUT2D eigenvalue weighted by Crippen LogP contribution is -2.22. The number of hydrogen-bond donors (Lipinski definition) is 2. The van der Waals surface area contributed by atoms with Crippen molar-refractivity contribution < 1.29 is 13.5 Å². The number of ether oxygens (including phenoxy) is 1. The summed E-state index contributed by atoms with van der Waals surface area (Å²) in [4.78, 5) is 4.23. The molecule has 3 N–H and O–H groups in total. The Morgan fingerprint density at radius 2 is 1.96 bits per heavy atom. The molecule has 0 radical (unpaired) electrons. The average Bonchev–Trinajstić information content (AvgIpc) is 2.54. The molecule has 0 saturated heterocycles. The van der Waals surface area contributed by atoms with Crippen LogP contribution in [0.4, 0.5) is 14.5 Å². The lowest BCUT2D eigenvalue weighted by Gasteiger charge is -2.08. The van der Waals surface area contributed by atoms with Crippen LogP contribution in [0.5, 0.6) is 5.75 Å². The zero-order valence-electron chi connectivity index (χ0n) is 12.8. The molecule has 122 valence electrons. The maximum absolute atomic E-state index is 12.1. The van der Waals surface area contributed by atoms with E-state index in [9.17, 15) is 8.78 Å². The van der Waals surface area contributed by atoms with Gasteiger partial charge in [0, 0.05) is 5.69 Å². The maximum Gasteiger partial charge on any atom is 0.272 e. The minimum atomic E-state index is -2.49. The number of aryl methyl sites for hydroxylation is 1. The molecule has 0 aliphatic rings. The third-order valence-corrected chi connectivity index (χ3v) is 3.03. The lowest BCUT2D eigenvalue weighted by atomic mass is 10.2. The van der Waals surface area contributed by atoms with E-state index in [1.807, 2.05) is 37.3 Å². The van der Waals surface area contributed by atoms with Gasteiger partial charge in [-0.25, -0.2) is 13.8 Å². The number of alkyl halides is 2. The SMILES string of the molecule is Cc1ccc(NC(N)=NCc2cccc(OCC(F)F)c2)cc1. The highest BCUT2D eigenvalue weighted by molar-refractivity contribution is 5.92. The van der Waals surface area contributed by atoms with Crippen molar-refractivity contribution in [3.05, 3.63) is 59.7 Å². The summed E-state index contributed by atoms with van der Waals surface area (Å²) in [5, 5.41) is 2.99. The van der Waals surface area contributed by atoms with Gasteiger partial charge in [0.25, 0.3) is 6.43 Å². The summed E-state index contributed by atoms with van der Waals surface area (Å²) in [5.41, 5.74) is 8.67. The van der Waals surface area contributed by atoms with E-state index in [2.05, 4.69) is 10.3 Å². The number of anilines is 1. The van der Waals surface area contributed by atoms with Gasteiger partial charge in [-0.1, -0.05) is 29.8 Å². The summed E-state index contributed by atoms with van der Waals surface area (Å²) in [6.45, 7) is 1.71. The highest BCUT2D eigenvalue weighted by Gasteiger charge is 2.04. The first-order valence-electron chi connectivity index (χ1n) is 7.16. The van der Waals surface area contributed by atoms with Gasteiger partial charge in [0.15, 0.2) is 5.96 Å². The van der Waals surface area contributed by atoms with Crippen molar-refractivity contribution in [1.29, 1.82) is 0 Å². The van der Waals surface area contributed by atoms with Crippen LogP contribution < -0.4 is 15.8 Å². The number of nitrogens with two attached hydrogens (primary N) is 1. The number of nitrogens with one attached hydrogen (secondary N) is 1. The Balaban J connectivity index is 1.93. The summed E-state index contributed by atoms with van der Waals surface area (Å²) in [6, 6.07) is 14.6. The van der Waals surface area contributed by atoms with E-state index in [1.54, 1.807) is 18.2 Å². The monoisotopic (exact) mass is 319 g/mol. The highest BCUT2D eigenvalue weighted by atomic mass is 19.3. The fourth-order valence-corrected chi connectivity index (χ4v) is 1.89. The van der Waals surface area contributed by atoms with Crippen molar-refractivity contribution in [2.75, 3.05) is 11.9 Å². The van der Waals surface area contributed by atoms with Crippen molar-refractivity contribution in [3.8, 4) is 5.75 Å². The van der Waals surface area contributed by atoms with E-state index >= 15 is 0 Å². The molecule has 6 heteroatoms. The van der Waals surface area contributed by atoms with Gasteiger partial charge in [0.2, 0.25) is 0 Å². The summed E-state index contributed by atoms with van der Waals surface area (Å²) in [5.74, 6) is 0.677. The average molecular weight is 319 g/mol. The highest BCUT2D eigenvalue weighted by Crippen LogP contribution is 2.15. The number of hydrogen-bond acceptors (Lipinski definition) is 2. The van der Waals surface area contributed by atoms with Crippen LogP contribution in [0.3, 0.4) is 0 Å². The molecular weight excluding hydrogens is 300 g/mol. The second-order valence-electron chi connectivity index (χ2n) is 5.04. The Bertz CT molecular complexity index is 657. The van der Waals surface area contributed by atoms with Crippen LogP contribution >= 0.6 is 0 Å². The van der Waals surface area contributed by atoms with Crippen molar-refractivity contribution in [2.45, 2.75) is 19.9 Å². The van der Waals surface area contributed by atoms with E-state index in [-0.39, 0.29) is 5.96 Å². The molecule has 0 spiro atoms. The Labute approximate surface area is 134 Å². The minimum absolute atomic E-state index is 0.285. The second-order valence-corrected chi connectivity index (χ2v) is 5.04. The summed E-state index contributed by atoms with van der Waals surface area (Å²) >= 11 is 0. The molecule has 4 nitrogen and oxygen atoms in total. The molecule has 0 aliphatic carbocycles. The number of nitrogens with zero attached hydrogens (tertiary/aromatic N) is 1. The van der Waals surface area contributed by atoms with Gasteiger partial charge >= 0.3 is 0 Å². The molecular formula is C17H19F2N3O. The van der Waals surface area contributed by atoms with Gasteiger partial charge in [-0.3, -0.25) is 0 Å². The van der Waals surface area contributed by atoms with Crippen molar-refractivity contribution >= 4 is 11.6 Å². The number of halogens is 2. The van der Waals surface area contributed by atoms with E-state index in [4.69, 9.17) is 10.5 Å². The lowest BCUT2D eigenvalue weighted by molar-refractivity contribution is 0.0818. The van der Waals surface area contributed by atoms with Gasteiger partial charge in [0.05, 0.1) is 6.54 Å². The Hall–Kier alpha value is -2.63. The van der Waals surface area contributed by atoms with E-state index in [1.165, 1.54) is 0 Å². The molecule has 0 amide bonds. The molecule has 0 aliphatic heterocycles. The van der Waals surface area contributed by atoms with Crippen LogP contribution in [0, 0.1) is 6.92 Å². The van der Waals surface area contributed by atoms with Crippen LogP contribution in [0.1, 0.15) is 11.1 Å². The van der Waals surface area contributed by atoms with E-state index in [0.29, 0.717) is 12.3 Å². The Morgan fingerprint density at radius 1 is 1.22 bits per heavy atom. The molecule has 2 rings (SSSR count). The zero-order chi connectivity index (χ0) is 16.7. The molecule has 2 aromatic rings. The van der Waals surface area contributed by atoms with Crippen molar-refractivity contribution in [1.82, 2.24) is 0 Å². The maximum atomic E-state index is 12.1. The Morgan fingerprint density at radius 3 is 2.65 bits per heavy atom. The standard InChI is InChI=1S/C17H19F2N3O/c1-12-5-7-14(8-6-12)22-17(20)21-10-13-3-2-4-15(9-13)23-11-16(18)19/h2-9,16H,10-11H2,1H3,(H3,20,21,22). The summed E-state index contributed by atoms with van der Waals surface area (Å²) in [7, 11) is 0. The fraction of sp³-hybridized carbons (Fsp3) is 0.235. The quantitative estimate of drug-likeness (QED) is 0.632. The third-order valence-electron chi connectivity index (χ3n) is 3.03. The largest absolute Gasteiger partial charge is 0.488 e. The van der Waals surface area contributed by atoms with E-state index in [0.717, 1.165) is 16.8 Å². The van der Waals surface area contributed by atoms with Gasteiger partial charge in [-0.15, -0.1) is 0 Å². The number of aliphatic imine (C=N–C) groups is 1. The topological polar surface area (TPSA) is 59.6 Å². The van der Waals surface area contributed by atoms with Crippen LogP contribution in [0.2, 0.25) is 0 Å². The van der Waals surface area contributed by atoms with Crippen LogP contribution in [0.25, 0.3) is 0 Å². The number of rotatable bonds is 6. The van der Waals surface area contributed by atoms with Crippen LogP contribution in [-0.4, -0.2) is 19.0 Å². The van der Waals surface area contributed by atoms with Crippen molar-refractivity contribution in [3.63, 3.8) is 0 Å². The molecule has 0 fully saturated rings.